The maximum atomic E-state index is 11.9. The summed E-state index contributed by atoms with van der Waals surface area (Å²) in [7, 11) is -0.00111. The van der Waals surface area contributed by atoms with Crippen molar-refractivity contribution in [1.82, 2.24) is 9.62 Å². The number of carbonyl (C=O) groups is 2. The van der Waals surface area contributed by atoms with Crippen molar-refractivity contribution in [3.63, 3.8) is 0 Å². The van der Waals surface area contributed by atoms with Crippen molar-refractivity contribution in [2.24, 2.45) is 0 Å². The lowest BCUT2D eigenvalue weighted by molar-refractivity contribution is 0.0600. The van der Waals surface area contributed by atoms with Crippen molar-refractivity contribution in [2.75, 3.05) is 21.2 Å². The van der Waals surface area contributed by atoms with Gasteiger partial charge in [-0.1, -0.05) is 6.07 Å². The third kappa shape index (κ3) is 3.68. The van der Waals surface area contributed by atoms with E-state index in [0.29, 0.717) is 0 Å². The Labute approximate surface area is 111 Å². The van der Waals surface area contributed by atoms with E-state index in [4.69, 9.17) is 0 Å². The zero-order chi connectivity index (χ0) is 14.6. The summed E-state index contributed by atoms with van der Waals surface area (Å²) in [5.74, 6) is -0.656. The average Bonchev–Trinajstić information content (AvgIpc) is 2.37. The maximum Gasteiger partial charge on any atom is 0.337 e. The molecule has 8 heteroatoms. The monoisotopic (exact) mass is 286 g/mol. The van der Waals surface area contributed by atoms with Gasteiger partial charge < -0.3 is 9.64 Å². The molecule has 0 spiro atoms. The number of nitrogens with zero attached hydrogens (tertiary/aromatic N) is 1. The van der Waals surface area contributed by atoms with Gasteiger partial charge in [0.25, 0.3) is 10.0 Å². The second-order valence-electron chi connectivity index (χ2n) is 3.82. The number of rotatable bonds is 3. The summed E-state index contributed by atoms with van der Waals surface area (Å²) in [4.78, 5) is 23.6. The maximum absolute atomic E-state index is 11.9. The van der Waals surface area contributed by atoms with Crippen LogP contribution in [-0.2, 0) is 14.8 Å². The van der Waals surface area contributed by atoms with E-state index in [1.165, 1.54) is 39.4 Å². The first-order valence-corrected chi connectivity index (χ1v) is 6.68. The number of esters is 1. The highest BCUT2D eigenvalue weighted by Crippen LogP contribution is 2.12. The molecule has 0 aliphatic heterocycles. The molecule has 0 saturated carbocycles. The van der Waals surface area contributed by atoms with Gasteiger partial charge in [-0.15, -0.1) is 0 Å². The van der Waals surface area contributed by atoms with Crippen molar-refractivity contribution in [3.8, 4) is 0 Å². The first-order valence-electron chi connectivity index (χ1n) is 5.20. The highest BCUT2D eigenvalue weighted by Gasteiger charge is 2.20. The predicted molar refractivity (Wildman–Crippen MR) is 67.2 cm³/mol. The van der Waals surface area contributed by atoms with Crippen LogP contribution in [0.2, 0.25) is 0 Å². The number of methoxy groups -OCH3 is 1. The number of ether oxygens (including phenoxy) is 1. The Kier molecular flexibility index (Phi) is 4.49. The van der Waals surface area contributed by atoms with Gasteiger partial charge in [0.15, 0.2) is 0 Å². The fourth-order valence-electron chi connectivity index (χ4n) is 1.17. The average molecular weight is 286 g/mol. The van der Waals surface area contributed by atoms with Gasteiger partial charge in [0, 0.05) is 14.1 Å². The summed E-state index contributed by atoms with van der Waals surface area (Å²) in [5, 5.41) is 0. The van der Waals surface area contributed by atoms with Crippen LogP contribution in [0.15, 0.2) is 29.2 Å². The lowest BCUT2D eigenvalue weighted by Crippen LogP contribution is -2.38. The third-order valence-corrected chi connectivity index (χ3v) is 3.51. The van der Waals surface area contributed by atoms with Gasteiger partial charge in [-0.3, -0.25) is 0 Å². The Morgan fingerprint density at radius 2 is 1.89 bits per heavy atom. The van der Waals surface area contributed by atoms with Gasteiger partial charge in [0.2, 0.25) is 0 Å². The van der Waals surface area contributed by atoms with E-state index >= 15 is 0 Å². The van der Waals surface area contributed by atoms with Crippen LogP contribution in [0.3, 0.4) is 0 Å². The number of hydrogen-bond donors (Lipinski definition) is 1. The second kappa shape index (κ2) is 5.70. The number of nitrogens with one attached hydrogen (secondary N) is 1. The molecule has 19 heavy (non-hydrogen) atoms. The van der Waals surface area contributed by atoms with Gasteiger partial charge in [-0.2, -0.15) is 0 Å². The minimum atomic E-state index is -4.02. The summed E-state index contributed by atoms with van der Waals surface area (Å²) in [6.07, 6.45) is 0. The number of sulfonamides is 1. The number of urea groups is 1. The second-order valence-corrected chi connectivity index (χ2v) is 5.51. The third-order valence-electron chi connectivity index (χ3n) is 2.19. The van der Waals surface area contributed by atoms with Gasteiger partial charge in [0.1, 0.15) is 0 Å². The standard InChI is InChI=1S/C11H14N2O5S/c1-13(2)11(15)12-19(16,17)9-6-4-5-8(7-9)10(14)18-3/h4-7H,1-3H3,(H,12,15). The van der Waals surface area contributed by atoms with Gasteiger partial charge in [-0.05, 0) is 18.2 Å². The van der Waals surface area contributed by atoms with Crippen molar-refractivity contribution in [2.45, 2.75) is 4.90 Å². The molecule has 0 aliphatic rings. The molecular formula is C11H14N2O5S. The van der Waals surface area contributed by atoms with E-state index < -0.39 is 22.0 Å². The molecule has 2 amide bonds. The van der Waals surface area contributed by atoms with E-state index in [1.807, 2.05) is 4.72 Å². The number of amides is 2. The van der Waals surface area contributed by atoms with E-state index in [1.54, 1.807) is 0 Å². The number of benzene rings is 1. The van der Waals surface area contributed by atoms with Crippen LogP contribution in [0.1, 0.15) is 10.4 Å². The molecular weight excluding hydrogens is 272 g/mol. The quantitative estimate of drug-likeness (QED) is 0.813. The van der Waals surface area contributed by atoms with Gasteiger partial charge in [-0.25, -0.2) is 22.7 Å². The molecule has 1 N–H and O–H groups in total. The normalized spacial score (nSPS) is 10.7. The fraction of sp³-hybridized carbons (Fsp3) is 0.273. The van der Waals surface area contributed by atoms with Crippen LogP contribution in [0.4, 0.5) is 4.79 Å². The molecule has 1 aromatic rings. The molecule has 1 aromatic carbocycles. The van der Waals surface area contributed by atoms with E-state index in [2.05, 4.69) is 4.74 Å². The molecule has 0 heterocycles. The Morgan fingerprint density at radius 3 is 2.42 bits per heavy atom. The minimum Gasteiger partial charge on any atom is -0.465 e. The summed E-state index contributed by atoms with van der Waals surface area (Å²) in [6.45, 7) is 0. The van der Waals surface area contributed by atoms with Crippen molar-refractivity contribution < 1.29 is 22.7 Å². The van der Waals surface area contributed by atoms with E-state index in [-0.39, 0.29) is 10.5 Å². The smallest absolute Gasteiger partial charge is 0.337 e. The van der Waals surface area contributed by atoms with E-state index in [0.717, 1.165) is 11.0 Å². The topological polar surface area (TPSA) is 92.8 Å². The molecule has 0 aromatic heterocycles. The molecule has 0 unspecified atom stereocenters. The van der Waals surface area contributed by atoms with Crippen LogP contribution < -0.4 is 4.72 Å². The minimum absolute atomic E-state index is 0.0858. The molecule has 0 saturated heterocycles. The lowest BCUT2D eigenvalue weighted by atomic mass is 10.2. The summed E-state index contributed by atoms with van der Waals surface area (Å²) < 4.78 is 30.2. The first kappa shape index (κ1) is 15.0. The molecule has 0 radical (unpaired) electrons. The molecule has 0 atom stereocenters. The Balaban J connectivity index is 3.09. The Morgan fingerprint density at radius 1 is 1.26 bits per heavy atom. The first-order chi connectivity index (χ1) is 8.77. The largest absolute Gasteiger partial charge is 0.465 e. The zero-order valence-corrected chi connectivity index (χ0v) is 11.5. The molecule has 7 nitrogen and oxygen atoms in total. The SMILES string of the molecule is COC(=O)c1cccc(S(=O)(=O)NC(=O)N(C)C)c1. The van der Waals surface area contributed by atoms with Crippen molar-refractivity contribution in [3.05, 3.63) is 29.8 Å². The van der Waals surface area contributed by atoms with Crippen LogP contribution >= 0.6 is 0 Å². The van der Waals surface area contributed by atoms with Crippen LogP contribution in [-0.4, -0.2) is 46.5 Å². The molecule has 0 fully saturated rings. The Bertz CT molecular complexity index is 595. The lowest BCUT2D eigenvalue weighted by Gasteiger charge is -2.12. The Hall–Kier alpha value is -2.09. The fourth-order valence-corrected chi connectivity index (χ4v) is 2.24. The summed E-state index contributed by atoms with van der Waals surface area (Å²) in [6, 6.07) is 4.44. The van der Waals surface area contributed by atoms with Gasteiger partial charge >= 0.3 is 12.0 Å². The highest BCUT2D eigenvalue weighted by atomic mass is 32.2. The molecule has 0 aliphatic carbocycles. The van der Waals surface area contributed by atoms with Gasteiger partial charge in [0.05, 0.1) is 17.6 Å². The number of hydrogen-bond acceptors (Lipinski definition) is 5. The molecule has 104 valence electrons. The predicted octanol–water partition coefficient (Wildman–Crippen LogP) is 0.433. The van der Waals surface area contributed by atoms with Crippen molar-refractivity contribution in [1.29, 1.82) is 0 Å². The molecule has 0 bridgehead atoms. The summed E-state index contributed by atoms with van der Waals surface area (Å²) >= 11 is 0. The van der Waals surface area contributed by atoms with Crippen LogP contribution in [0.5, 0.6) is 0 Å². The summed E-state index contributed by atoms with van der Waals surface area (Å²) in [5.41, 5.74) is 0.0858. The highest BCUT2D eigenvalue weighted by molar-refractivity contribution is 7.90. The van der Waals surface area contributed by atoms with E-state index in [9.17, 15) is 18.0 Å². The number of carbonyl (C=O) groups excluding carboxylic acids is 2. The zero-order valence-electron chi connectivity index (χ0n) is 10.7. The molecule has 1 rings (SSSR count). The van der Waals surface area contributed by atoms with Crippen molar-refractivity contribution >= 4 is 22.0 Å². The van der Waals surface area contributed by atoms with Crippen LogP contribution in [0, 0.1) is 0 Å². The van der Waals surface area contributed by atoms with Crippen LogP contribution in [0.25, 0.3) is 0 Å².